The number of sulfonamides is 1. The van der Waals surface area contributed by atoms with Gasteiger partial charge in [0.25, 0.3) is 15.7 Å². The van der Waals surface area contributed by atoms with Crippen LogP contribution in [0.15, 0.2) is 58.6 Å². The van der Waals surface area contributed by atoms with Crippen LogP contribution in [0, 0.1) is 17.0 Å². The molecule has 2 aromatic rings. The zero-order valence-electron chi connectivity index (χ0n) is 15.1. The number of nitrogens with one attached hydrogen (secondary N) is 1. The Morgan fingerprint density at radius 3 is 2.69 bits per heavy atom. The number of anilines is 2. The quantitative estimate of drug-likeness (QED) is 0.544. The summed E-state index contributed by atoms with van der Waals surface area (Å²) >= 11 is 0. The molecular formula is C18H16N4O6S. The van der Waals surface area contributed by atoms with Crippen LogP contribution < -0.4 is 9.62 Å². The average molecular weight is 416 g/mol. The van der Waals surface area contributed by atoms with E-state index >= 15 is 0 Å². The standard InChI is InChI=1S/C18H16N4O6S/c1-12-8-17(22(25)26)15(10-16(12)21-7-3-6-19-11-21)20-29(27,28)14-5-2-4-13(9-14)18(23)24/h2-6,8-11,20H,7H2,1H3,(H,23,24). The molecule has 1 aliphatic heterocycles. The molecule has 10 nitrogen and oxygen atoms in total. The van der Waals surface area contributed by atoms with Crippen molar-refractivity contribution < 1.29 is 23.2 Å². The largest absolute Gasteiger partial charge is 0.478 e. The highest BCUT2D eigenvalue weighted by Crippen LogP contribution is 2.34. The fourth-order valence-corrected chi connectivity index (χ4v) is 3.88. The Morgan fingerprint density at radius 2 is 2.07 bits per heavy atom. The summed E-state index contributed by atoms with van der Waals surface area (Å²) in [7, 11) is -4.27. The van der Waals surface area contributed by atoms with Crippen molar-refractivity contribution in [2.75, 3.05) is 16.2 Å². The van der Waals surface area contributed by atoms with Crippen LogP contribution in [0.5, 0.6) is 0 Å². The molecule has 0 aliphatic carbocycles. The molecule has 1 aliphatic rings. The third kappa shape index (κ3) is 4.24. The lowest BCUT2D eigenvalue weighted by molar-refractivity contribution is -0.383. The second kappa shape index (κ2) is 7.72. The van der Waals surface area contributed by atoms with Crippen molar-refractivity contribution in [3.05, 3.63) is 69.9 Å². The van der Waals surface area contributed by atoms with Gasteiger partial charge in [0.15, 0.2) is 0 Å². The van der Waals surface area contributed by atoms with Crippen molar-refractivity contribution in [3.63, 3.8) is 0 Å². The second-order valence-electron chi connectivity index (χ2n) is 6.15. The van der Waals surface area contributed by atoms with E-state index in [1.807, 2.05) is 0 Å². The molecule has 29 heavy (non-hydrogen) atoms. The SMILES string of the molecule is Cc1cc([N+](=O)[O-])c(NS(=O)(=O)c2cccc(C(=O)O)c2)cc1N1C=NC=CC1. The maximum atomic E-state index is 12.7. The first-order valence-corrected chi connectivity index (χ1v) is 9.77. The molecule has 0 amide bonds. The predicted octanol–water partition coefficient (Wildman–Crippen LogP) is 2.76. The van der Waals surface area contributed by atoms with Gasteiger partial charge in [0, 0.05) is 24.5 Å². The van der Waals surface area contributed by atoms with E-state index in [1.54, 1.807) is 24.1 Å². The van der Waals surface area contributed by atoms with Crippen molar-refractivity contribution in [2.24, 2.45) is 4.99 Å². The molecule has 0 bridgehead atoms. The van der Waals surface area contributed by atoms with Crippen molar-refractivity contribution in [3.8, 4) is 0 Å². The molecule has 0 saturated carbocycles. The lowest BCUT2D eigenvalue weighted by atomic mass is 10.1. The van der Waals surface area contributed by atoms with Crippen molar-refractivity contribution in [2.45, 2.75) is 11.8 Å². The molecule has 3 rings (SSSR count). The molecule has 0 aromatic heterocycles. The van der Waals surface area contributed by atoms with Gasteiger partial charge in [0.1, 0.15) is 5.69 Å². The first-order chi connectivity index (χ1) is 13.7. The zero-order chi connectivity index (χ0) is 21.2. The molecule has 11 heteroatoms. The number of aromatic carboxylic acids is 1. The third-order valence-corrected chi connectivity index (χ3v) is 5.52. The molecule has 0 spiro atoms. The van der Waals surface area contributed by atoms with Crippen LogP contribution in [-0.4, -0.2) is 37.3 Å². The first-order valence-electron chi connectivity index (χ1n) is 8.29. The smallest absolute Gasteiger partial charge is 0.335 e. The topological polar surface area (TPSA) is 142 Å². The number of hydrogen-bond acceptors (Lipinski definition) is 7. The number of carbonyl (C=O) groups is 1. The predicted molar refractivity (Wildman–Crippen MR) is 107 cm³/mol. The number of nitro benzene ring substituents is 1. The van der Waals surface area contributed by atoms with E-state index in [1.165, 1.54) is 36.7 Å². The Hall–Kier alpha value is -3.73. The lowest BCUT2D eigenvalue weighted by Crippen LogP contribution is -2.24. The summed E-state index contributed by atoms with van der Waals surface area (Å²) in [6.07, 6.45) is 4.92. The van der Waals surface area contributed by atoms with Gasteiger partial charge in [-0.2, -0.15) is 0 Å². The fraction of sp³-hybridized carbons (Fsp3) is 0.111. The Kier molecular flexibility index (Phi) is 5.33. The van der Waals surface area contributed by atoms with E-state index in [2.05, 4.69) is 9.71 Å². The van der Waals surface area contributed by atoms with Crippen LogP contribution in [0.2, 0.25) is 0 Å². The number of rotatable bonds is 6. The van der Waals surface area contributed by atoms with Gasteiger partial charge < -0.3 is 10.0 Å². The molecule has 0 unspecified atom stereocenters. The van der Waals surface area contributed by atoms with Gasteiger partial charge in [-0.25, -0.2) is 18.2 Å². The summed E-state index contributed by atoms with van der Waals surface area (Å²) in [4.78, 5) is 27.3. The minimum Gasteiger partial charge on any atom is -0.478 e. The van der Waals surface area contributed by atoms with E-state index in [0.717, 1.165) is 6.07 Å². The number of carboxylic acids is 1. The third-order valence-electron chi connectivity index (χ3n) is 4.16. The normalized spacial score (nSPS) is 13.3. The molecular weight excluding hydrogens is 400 g/mol. The van der Waals surface area contributed by atoms with Gasteiger partial charge in [-0.05, 0) is 42.8 Å². The van der Waals surface area contributed by atoms with Gasteiger partial charge in [-0.15, -0.1) is 0 Å². The molecule has 2 N–H and O–H groups in total. The van der Waals surface area contributed by atoms with Gasteiger partial charge in [0.05, 0.1) is 21.7 Å². The van der Waals surface area contributed by atoms with Crippen LogP contribution in [0.1, 0.15) is 15.9 Å². The maximum absolute atomic E-state index is 12.7. The van der Waals surface area contributed by atoms with Gasteiger partial charge in [0.2, 0.25) is 0 Å². The van der Waals surface area contributed by atoms with E-state index in [0.29, 0.717) is 17.8 Å². The highest BCUT2D eigenvalue weighted by Gasteiger charge is 2.24. The molecule has 0 fully saturated rings. The van der Waals surface area contributed by atoms with Crippen LogP contribution in [-0.2, 0) is 10.0 Å². The molecule has 0 radical (unpaired) electrons. The number of benzene rings is 2. The fourth-order valence-electron chi connectivity index (χ4n) is 2.77. The summed E-state index contributed by atoms with van der Waals surface area (Å²) < 4.78 is 27.7. The number of nitrogens with zero attached hydrogens (tertiary/aromatic N) is 3. The number of hydrogen-bond donors (Lipinski definition) is 2. The first kappa shape index (κ1) is 20.0. The highest BCUT2D eigenvalue weighted by molar-refractivity contribution is 7.92. The van der Waals surface area contributed by atoms with E-state index in [4.69, 9.17) is 5.11 Å². The minimum atomic E-state index is -4.27. The highest BCUT2D eigenvalue weighted by atomic mass is 32.2. The average Bonchev–Trinajstić information content (AvgIpc) is 2.69. The van der Waals surface area contributed by atoms with Crippen molar-refractivity contribution in [1.82, 2.24) is 0 Å². The van der Waals surface area contributed by atoms with Gasteiger partial charge in [-0.3, -0.25) is 14.8 Å². The summed E-state index contributed by atoms with van der Waals surface area (Å²) in [6, 6.07) is 7.34. The van der Waals surface area contributed by atoms with Crippen molar-refractivity contribution >= 4 is 39.4 Å². The number of nitro groups is 1. The van der Waals surface area contributed by atoms with E-state index < -0.39 is 26.6 Å². The maximum Gasteiger partial charge on any atom is 0.335 e. The summed E-state index contributed by atoms with van der Waals surface area (Å²) in [6.45, 7) is 2.14. The van der Waals surface area contributed by atoms with Crippen LogP contribution in [0.3, 0.4) is 0 Å². The summed E-state index contributed by atoms with van der Waals surface area (Å²) in [5, 5.41) is 20.5. The molecule has 0 atom stereocenters. The minimum absolute atomic E-state index is 0.219. The van der Waals surface area contributed by atoms with Crippen LogP contribution in [0.4, 0.5) is 17.1 Å². The zero-order valence-corrected chi connectivity index (χ0v) is 16.0. The van der Waals surface area contributed by atoms with E-state index in [9.17, 15) is 23.3 Å². The van der Waals surface area contributed by atoms with Crippen LogP contribution >= 0.6 is 0 Å². The Balaban J connectivity index is 2.05. The molecule has 0 saturated heterocycles. The monoisotopic (exact) mass is 416 g/mol. The Bertz CT molecular complexity index is 1160. The van der Waals surface area contributed by atoms with Crippen molar-refractivity contribution in [1.29, 1.82) is 0 Å². The molecule has 2 aromatic carbocycles. The summed E-state index contributed by atoms with van der Waals surface area (Å²) in [5.41, 5.74) is 0.228. The number of aryl methyl sites for hydroxylation is 1. The Morgan fingerprint density at radius 1 is 1.31 bits per heavy atom. The molecule has 1 heterocycles. The van der Waals surface area contributed by atoms with E-state index in [-0.39, 0.29) is 16.1 Å². The van der Waals surface area contributed by atoms with Gasteiger partial charge >= 0.3 is 5.97 Å². The lowest BCUT2D eigenvalue weighted by Gasteiger charge is -2.22. The summed E-state index contributed by atoms with van der Waals surface area (Å²) in [5.74, 6) is -1.29. The van der Waals surface area contributed by atoms with Gasteiger partial charge in [-0.1, -0.05) is 6.07 Å². The molecule has 150 valence electrons. The second-order valence-corrected chi connectivity index (χ2v) is 7.84. The Labute approximate surface area is 166 Å². The number of carboxylic acid groups (broad SMARTS) is 1. The number of aliphatic imine (C=N–C) groups is 1. The van der Waals surface area contributed by atoms with Crippen LogP contribution in [0.25, 0.3) is 0 Å².